The average Bonchev–Trinajstić information content (AvgIpc) is 2.49. The lowest BCUT2D eigenvalue weighted by molar-refractivity contribution is -0.000515. The number of aromatic hydroxyl groups is 1. The Bertz CT molecular complexity index is 854. The van der Waals surface area contributed by atoms with Gasteiger partial charge in [0.2, 0.25) is 0 Å². The van der Waals surface area contributed by atoms with Gasteiger partial charge in [0.25, 0.3) is 10.0 Å². The van der Waals surface area contributed by atoms with Crippen LogP contribution in [0, 0.1) is 0 Å². The fraction of sp³-hybridized carbons (Fsp3) is 0. The molecule has 3 N–H and O–H groups in total. The minimum atomic E-state index is -4.25. The zero-order valence-electron chi connectivity index (χ0n) is 11.4. The zero-order chi connectivity index (χ0) is 17.0. The molecule has 0 saturated carbocycles. The van der Waals surface area contributed by atoms with Crippen LogP contribution in [-0.4, -0.2) is 34.9 Å². The van der Waals surface area contributed by atoms with E-state index in [0.29, 0.717) is 5.06 Å². The van der Waals surface area contributed by atoms with Crippen molar-refractivity contribution >= 4 is 16.0 Å². The fourth-order valence-electron chi connectivity index (χ4n) is 1.59. The Labute approximate surface area is 130 Å². The van der Waals surface area contributed by atoms with Gasteiger partial charge in [-0.1, -0.05) is 10.6 Å². The van der Waals surface area contributed by atoms with E-state index < -0.39 is 32.2 Å². The third-order valence-electron chi connectivity index (χ3n) is 2.71. The quantitative estimate of drug-likeness (QED) is 0.712. The predicted molar refractivity (Wildman–Crippen MR) is 77.1 cm³/mol. The number of hydrogen-bond donors (Lipinski definition) is 3. The number of carboxylic acids is 1. The molecule has 9 nitrogen and oxygen atoms in total. The molecule has 0 bridgehead atoms. The minimum Gasteiger partial charge on any atom is -0.507 e. The summed E-state index contributed by atoms with van der Waals surface area (Å²) in [6.07, 6.45) is 6.94. The highest BCUT2D eigenvalue weighted by Gasteiger charge is 2.18. The number of phenols is 1. The van der Waals surface area contributed by atoms with Crippen molar-refractivity contribution in [1.82, 2.24) is 5.06 Å². The van der Waals surface area contributed by atoms with Crippen molar-refractivity contribution in [2.75, 3.05) is 0 Å². The summed E-state index contributed by atoms with van der Waals surface area (Å²) in [7, 11) is -4.25. The Morgan fingerprint density at radius 2 is 2.00 bits per heavy atom. The highest BCUT2D eigenvalue weighted by atomic mass is 32.2. The highest BCUT2D eigenvalue weighted by Crippen LogP contribution is 2.23. The first-order chi connectivity index (χ1) is 10.8. The SMILES string of the molecule is O=C(O)c1cc(S(=O)(=O)N=NC=C2C=CC=CN2O)ccc1O. The van der Waals surface area contributed by atoms with Gasteiger partial charge in [0, 0.05) is 6.20 Å². The van der Waals surface area contributed by atoms with Crippen LogP contribution in [0.25, 0.3) is 0 Å². The van der Waals surface area contributed by atoms with Gasteiger partial charge in [0.1, 0.15) is 11.3 Å². The predicted octanol–water partition coefficient (Wildman–Crippen LogP) is 1.85. The second-order valence-corrected chi connectivity index (χ2v) is 5.84. The van der Waals surface area contributed by atoms with Crippen LogP contribution in [-0.2, 0) is 10.0 Å². The van der Waals surface area contributed by atoms with E-state index in [0.717, 1.165) is 24.4 Å². The molecule has 120 valence electrons. The summed E-state index contributed by atoms with van der Waals surface area (Å²) < 4.78 is 27.1. The minimum absolute atomic E-state index is 0.184. The molecule has 1 aromatic carbocycles. The van der Waals surface area contributed by atoms with E-state index in [1.165, 1.54) is 12.3 Å². The molecule has 1 aliphatic rings. The number of nitrogens with zero attached hydrogens (tertiary/aromatic N) is 3. The highest BCUT2D eigenvalue weighted by molar-refractivity contribution is 7.90. The van der Waals surface area contributed by atoms with Crippen molar-refractivity contribution in [2.24, 2.45) is 9.63 Å². The van der Waals surface area contributed by atoms with E-state index >= 15 is 0 Å². The van der Waals surface area contributed by atoms with Crippen LogP contribution in [0.4, 0.5) is 0 Å². The van der Waals surface area contributed by atoms with Gasteiger partial charge in [-0.25, -0.2) is 9.86 Å². The Hall–Kier alpha value is -2.98. The van der Waals surface area contributed by atoms with Crippen molar-refractivity contribution in [2.45, 2.75) is 4.90 Å². The van der Waals surface area contributed by atoms with Gasteiger partial charge in [-0.05, 0) is 30.4 Å². The summed E-state index contributed by atoms with van der Waals surface area (Å²) in [5.41, 5.74) is -0.384. The smallest absolute Gasteiger partial charge is 0.339 e. The number of sulfonamides is 1. The molecular weight excluding hydrogens is 326 g/mol. The van der Waals surface area contributed by atoms with Crippen LogP contribution in [0.2, 0.25) is 0 Å². The van der Waals surface area contributed by atoms with Crippen LogP contribution < -0.4 is 0 Å². The number of hydrogen-bond acceptors (Lipinski definition) is 7. The second-order valence-electron chi connectivity index (χ2n) is 4.26. The molecular formula is C13H11N3O6S. The topological polar surface area (TPSA) is 140 Å². The standard InChI is InChI=1S/C13H11N3O6S/c17-12-5-4-10(7-11(12)13(18)19)23(21,22)15-14-8-9-3-1-2-6-16(9)20/h1-8,17,20H,(H,18,19). The molecule has 2 rings (SSSR count). The lowest BCUT2D eigenvalue weighted by Crippen LogP contribution is -2.10. The van der Waals surface area contributed by atoms with Gasteiger partial charge in [-0.2, -0.15) is 8.42 Å². The summed E-state index contributed by atoms with van der Waals surface area (Å²) in [4.78, 5) is 10.5. The Morgan fingerprint density at radius 1 is 1.26 bits per heavy atom. The molecule has 0 radical (unpaired) electrons. The summed E-state index contributed by atoms with van der Waals surface area (Å²) in [6, 6.07) is 2.72. The largest absolute Gasteiger partial charge is 0.507 e. The summed E-state index contributed by atoms with van der Waals surface area (Å²) in [5, 5.41) is 31.7. The monoisotopic (exact) mass is 337 g/mol. The number of benzene rings is 1. The van der Waals surface area contributed by atoms with Crippen molar-refractivity contribution in [1.29, 1.82) is 0 Å². The van der Waals surface area contributed by atoms with E-state index in [1.807, 2.05) is 0 Å². The first-order valence-corrected chi connectivity index (χ1v) is 7.52. The Morgan fingerprint density at radius 3 is 2.65 bits per heavy atom. The molecule has 1 heterocycles. The van der Waals surface area contributed by atoms with Gasteiger partial charge < -0.3 is 10.2 Å². The average molecular weight is 337 g/mol. The van der Waals surface area contributed by atoms with E-state index in [4.69, 9.17) is 5.11 Å². The van der Waals surface area contributed by atoms with Crippen LogP contribution in [0.15, 0.2) is 69.1 Å². The van der Waals surface area contributed by atoms with Gasteiger partial charge in [-0.15, -0.1) is 5.11 Å². The number of allylic oxidation sites excluding steroid dienone is 3. The van der Waals surface area contributed by atoms with E-state index in [-0.39, 0.29) is 5.70 Å². The molecule has 1 aromatic rings. The number of carboxylic acid groups (broad SMARTS) is 1. The fourth-order valence-corrected chi connectivity index (χ4v) is 2.36. The van der Waals surface area contributed by atoms with Gasteiger partial charge >= 0.3 is 5.97 Å². The van der Waals surface area contributed by atoms with Crippen LogP contribution in [0.5, 0.6) is 5.75 Å². The molecule has 0 fully saturated rings. The lowest BCUT2D eigenvalue weighted by atomic mass is 10.2. The molecule has 0 unspecified atom stereocenters. The van der Waals surface area contributed by atoms with E-state index in [2.05, 4.69) is 9.63 Å². The van der Waals surface area contributed by atoms with Crippen molar-refractivity contribution in [3.05, 3.63) is 60.1 Å². The van der Waals surface area contributed by atoms with Crippen molar-refractivity contribution < 1.29 is 28.6 Å². The Balaban J connectivity index is 2.29. The maximum atomic E-state index is 12.0. The van der Waals surface area contributed by atoms with Gasteiger partial charge in [0.15, 0.2) is 0 Å². The maximum absolute atomic E-state index is 12.0. The first-order valence-electron chi connectivity index (χ1n) is 6.08. The molecule has 0 amide bonds. The van der Waals surface area contributed by atoms with Crippen LogP contribution >= 0.6 is 0 Å². The summed E-state index contributed by atoms with van der Waals surface area (Å²) in [6.45, 7) is 0. The number of aromatic carboxylic acids is 1. The number of carbonyl (C=O) groups is 1. The third-order valence-corrected chi connectivity index (χ3v) is 3.87. The molecule has 0 atom stereocenters. The third kappa shape index (κ3) is 3.81. The molecule has 23 heavy (non-hydrogen) atoms. The summed E-state index contributed by atoms with van der Waals surface area (Å²) in [5.74, 6) is -2.04. The second kappa shape index (κ2) is 6.42. The molecule has 10 heteroatoms. The van der Waals surface area contributed by atoms with E-state index in [9.17, 15) is 23.5 Å². The Kier molecular flexibility index (Phi) is 4.57. The van der Waals surface area contributed by atoms with Crippen LogP contribution in [0.1, 0.15) is 10.4 Å². The lowest BCUT2D eigenvalue weighted by Gasteiger charge is -2.13. The van der Waals surface area contributed by atoms with Gasteiger partial charge in [-0.3, -0.25) is 5.21 Å². The van der Waals surface area contributed by atoms with Crippen molar-refractivity contribution in [3.8, 4) is 5.75 Å². The maximum Gasteiger partial charge on any atom is 0.339 e. The molecule has 0 aromatic heterocycles. The molecule has 1 aliphatic heterocycles. The molecule has 0 spiro atoms. The summed E-state index contributed by atoms with van der Waals surface area (Å²) >= 11 is 0. The molecule has 0 aliphatic carbocycles. The number of rotatable bonds is 4. The number of hydroxylamine groups is 2. The zero-order valence-corrected chi connectivity index (χ0v) is 12.3. The normalized spacial score (nSPS) is 16.4. The van der Waals surface area contributed by atoms with Crippen LogP contribution in [0.3, 0.4) is 0 Å². The van der Waals surface area contributed by atoms with E-state index in [1.54, 1.807) is 12.2 Å². The van der Waals surface area contributed by atoms with Crippen molar-refractivity contribution in [3.63, 3.8) is 0 Å². The first kappa shape index (κ1) is 16.4. The molecule has 0 saturated heterocycles. The van der Waals surface area contributed by atoms with Gasteiger partial charge in [0.05, 0.1) is 16.8 Å².